The first kappa shape index (κ1) is 24.0. The number of benzene rings is 3. The summed E-state index contributed by atoms with van der Waals surface area (Å²) < 4.78 is 39.6. The summed E-state index contributed by atoms with van der Waals surface area (Å²) in [5.41, 5.74) is 2.88. The minimum Gasteiger partial charge on any atom is -0.284 e. The highest BCUT2D eigenvalue weighted by Gasteiger charge is 2.24. The highest BCUT2D eigenvalue weighted by atomic mass is 32.2. The van der Waals surface area contributed by atoms with Crippen molar-refractivity contribution >= 4 is 42.4 Å². The standard InChI is InChI=1S/C26H25FN2O3S2/c1-18(2)22-9-6-10-23-25(22)28-26(33-23)29(17-19-7-4-3-5-8-19)24(30)15-16-34(31,32)21-13-11-20(27)12-14-21/h3-14,18H,15-17H2,1-2H3. The van der Waals surface area contributed by atoms with Gasteiger partial charge in [0.25, 0.3) is 0 Å². The molecule has 1 amide bonds. The third-order valence-electron chi connectivity index (χ3n) is 5.53. The van der Waals surface area contributed by atoms with Crippen LogP contribution in [0, 0.1) is 5.82 Å². The Morgan fingerprint density at radius 1 is 1.00 bits per heavy atom. The second-order valence-electron chi connectivity index (χ2n) is 8.33. The molecule has 0 aliphatic rings. The Morgan fingerprint density at radius 2 is 1.71 bits per heavy atom. The average molecular weight is 497 g/mol. The fourth-order valence-electron chi connectivity index (χ4n) is 3.68. The molecule has 4 aromatic rings. The van der Waals surface area contributed by atoms with Crippen LogP contribution in [0.2, 0.25) is 0 Å². The van der Waals surface area contributed by atoms with Crippen LogP contribution >= 0.6 is 11.3 Å². The van der Waals surface area contributed by atoms with Crippen LogP contribution in [0.15, 0.2) is 77.7 Å². The number of carbonyl (C=O) groups excluding carboxylic acids is 1. The maximum Gasteiger partial charge on any atom is 0.230 e. The van der Waals surface area contributed by atoms with Crippen LogP contribution in [0.25, 0.3) is 10.2 Å². The molecule has 0 spiro atoms. The van der Waals surface area contributed by atoms with Crippen molar-refractivity contribution in [1.82, 2.24) is 4.98 Å². The van der Waals surface area contributed by atoms with Gasteiger partial charge in [0.05, 0.1) is 27.4 Å². The predicted molar refractivity (Wildman–Crippen MR) is 134 cm³/mol. The zero-order valence-electron chi connectivity index (χ0n) is 18.9. The molecular weight excluding hydrogens is 471 g/mol. The number of carbonyl (C=O) groups is 1. The van der Waals surface area contributed by atoms with E-state index < -0.39 is 15.7 Å². The van der Waals surface area contributed by atoms with Crippen LogP contribution in [-0.4, -0.2) is 25.1 Å². The number of aromatic nitrogens is 1. The molecule has 3 aromatic carbocycles. The molecule has 0 saturated heterocycles. The number of sulfone groups is 1. The lowest BCUT2D eigenvalue weighted by Crippen LogP contribution is -2.31. The van der Waals surface area contributed by atoms with Crippen molar-refractivity contribution in [3.63, 3.8) is 0 Å². The zero-order chi connectivity index (χ0) is 24.3. The van der Waals surface area contributed by atoms with Gasteiger partial charge in [-0.1, -0.05) is 67.6 Å². The lowest BCUT2D eigenvalue weighted by Gasteiger charge is -2.20. The molecule has 0 atom stereocenters. The molecule has 0 aliphatic heterocycles. The highest BCUT2D eigenvalue weighted by Crippen LogP contribution is 2.34. The molecule has 0 aliphatic carbocycles. The average Bonchev–Trinajstić information content (AvgIpc) is 3.26. The van der Waals surface area contributed by atoms with Crippen molar-refractivity contribution in [1.29, 1.82) is 0 Å². The van der Waals surface area contributed by atoms with Crippen LogP contribution in [0.3, 0.4) is 0 Å². The second kappa shape index (κ2) is 10.0. The predicted octanol–water partition coefficient (Wildman–Crippen LogP) is 5.96. The van der Waals surface area contributed by atoms with E-state index in [2.05, 4.69) is 13.8 Å². The van der Waals surface area contributed by atoms with Gasteiger partial charge in [-0.2, -0.15) is 0 Å². The van der Waals surface area contributed by atoms with E-state index in [1.165, 1.54) is 23.5 Å². The van der Waals surface area contributed by atoms with E-state index in [0.717, 1.165) is 33.5 Å². The summed E-state index contributed by atoms with van der Waals surface area (Å²) in [6.07, 6.45) is -0.209. The number of hydrogen-bond donors (Lipinski definition) is 0. The summed E-state index contributed by atoms with van der Waals surface area (Å²) in [5.74, 6) is -0.941. The summed E-state index contributed by atoms with van der Waals surface area (Å²) in [7, 11) is -3.73. The van der Waals surface area contributed by atoms with Crippen molar-refractivity contribution in [3.05, 3.63) is 89.7 Å². The zero-order valence-corrected chi connectivity index (χ0v) is 20.6. The summed E-state index contributed by atoms with van der Waals surface area (Å²) in [6, 6.07) is 20.2. The number of anilines is 1. The van der Waals surface area contributed by atoms with Gasteiger partial charge in [-0.3, -0.25) is 9.69 Å². The van der Waals surface area contributed by atoms with Gasteiger partial charge in [0.2, 0.25) is 5.91 Å². The summed E-state index contributed by atoms with van der Waals surface area (Å²) in [6.45, 7) is 4.48. The van der Waals surface area contributed by atoms with Crippen LogP contribution in [0.4, 0.5) is 9.52 Å². The fourth-order valence-corrected chi connectivity index (χ4v) is 5.93. The quantitative estimate of drug-likeness (QED) is 0.283. The normalized spacial score (nSPS) is 11.8. The lowest BCUT2D eigenvalue weighted by atomic mass is 10.0. The van der Waals surface area contributed by atoms with E-state index in [0.29, 0.717) is 5.13 Å². The van der Waals surface area contributed by atoms with Gasteiger partial charge in [-0.15, -0.1) is 0 Å². The number of fused-ring (bicyclic) bond motifs is 1. The van der Waals surface area contributed by atoms with E-state index in [-0.39, 0.29) is 35.4 Å². The van der Waals surface area contributed by atoms with Crippen LogP contribution < -0.4 is 4.90 Å². The Balaban J connectivity index is 1.63. The second-order valence-corrected chi connectivity index (χ2v) is 11.5. The van der Waals surface area contributed by atoms with E-state index in [1.807, 2.05) is 48.5 Å². The number of nitrogens with zero attached hydrogens (tertiary/aromatic N) is 2. The molecular formula is C26H25FN2O3S2. The monoisotopic (exact) mass is 496 g/mol. The first-order valence-corrected chi connectivity index (χ1v) is 13.4. The van der Waals surface area contributed by atoms with Gasteiger partial charge in [0, 0.05) is 6.42 Å². The highest BCUT2D eigenvalue weighted by molar-refractivity contribution is 7.91. The first-order chi connectivity index (χ1) is 16.2. The van der Waals surface area contributed by atoms with Crippen LogP contribution in [0.5, 0.6) is 0 Å². The molecule has 0 radical (unpaired) electrons. The Morgan fingerprint density at radius 3 is 2.38 bits per heavy atom. The Hall–Kier alpha value is -3.10. The van der Waals surface area contributed by atoms with Gasteiger partial charge >= 0.3 is 0 Å². The summed E-state index contributed by atoms with van der Waals surface area (Å²) >= 11 is 1.42. The van der Waals surface area contributed by atoms with E-state index in [4.69, 9.17) is 4.98 Å². The Labute approximate surface area is 202 Å². The van der Waals surface area contributed by atoms with Gasteiger partial charge in [0.1, 0.15) is 5.82 Å². The smallest absolute Gasteiger partial charge is 0.230 e. The Kier molecular flexibility index (Phi) is 7.09. The number of thiazole rings is 1. The van der Waals surface area contributed by atoms with Crippen LogP contribution in [-0.2, 0) is 21.2 Å². The third-order valence-corrected chi connectivity index (χ3v) is 8.31. The van der Waals surface area contributed by atoms with E-state index >= 15 is 0 Å². The van der Waals surface area contributed by atoms with Crippen molar-refractivity contribution in [3.8, 4) is 0 Å². The van der Waals surface area contributed by atoms with E-state index in [1.54, 1.807) is 4.90 Å². The minimum absolute atomic E-state index is 0.00197. The molecule has 0 N–H and O–H groups in total. The molecule has 5 nitrogen and oxygen atoms in total. The van der Waals surface area contributed by atoms with Gasteiger partial charge in [-0.25, -0.2) is 17.8 Å². The fraction of sp³-hybridized carbons (Fsp3) is 0.231. The molecule has 1 heterocycles. The topological polar surface area (TPSA) is 67.3 Å². The number of rotatable bonds is 8. The maximum atomic E-state index is 13.3. The molecule has 1 aromatic heterocycles. The molecule has 176 valence electrons. The minimum atomic E-state index is -3.73. The maximum absolute atomic E-state index is 13.3. The summed E-state index contributed by atoms with van der Waals surface area (Å²) in [4.78, 5) is 19.7. The first-order valence-electron chi connectivity index (χ1n) is 11.0. The van der Waals surface area contributed by atoms with Gasteiger partial charge < -0.3 is 0 Å². The Bertz CT molecular complexity index is 1400. The number of halogens is 1. The largest absolute Gasteiger partial charge is 0.284 e. The molecule has 34 heavy (non-hydrogen) atoms. The number of amides is 1. The molecule has 0 unspecified atom stereocenters. The van der Waals surface area contributed by atoms with Crippen molar-refractivity contribution in [2.45, 2.75) is 37.6 Å². The molecule has 8 heteroatoms. The van der Waals surface area contributed by atoms with E-state index in [9.17, 15) is 17.6 Å². The van der Waals surface area contributed by atoms with Crippen molar-refractivity contribution < 1.29 is 17.6 Å². The summed E-state index contributed by atoms with van der Waals surface area (Å²) in [5, 5.41) is 0.538. The number of para-hydroxylation sites is 1. The van der Waals surface area contributed by atoms with Crippen LogP contribution in [0.1, 0.15) is 37.3 Å². The van der Waals surface area contributed by atoms with Gasteiger partial charge in [0.15, 0.2) is 15.0 Å². The lowest BCUT2D eigenvalue weighted by molar-refractivity contribution is -0.118. The van der Waals surface area contributed by atoms with Crippen molar-refractivity contribution in [2.75, 3.05) is 10.7 Å². The molecule has 0 fully saturated rings. The number of hydrogen-bond acceptors (Lipinski definition) is 5. The molecule has 4 rings (SSSR count). The molecule has 0 saturated carbocycles. The van der Waals surface area contributed by atoms with Crippen molar-refractivity contribution in [2.24, 2.45) is 0 Å². The SMILES string of the molecule is CC(C)c1cccc2sc(N(Cc3ccccc3)C(=O)CCS(=O)(=O)c3ccc(F)cc3)nc12. The molecule has 0 bridgehead atoms. The third kappa shape index (κ3) is 5.34. The van der Waals surface area contributed by atoms with Gasteiger partial charge in [-0.05, 0) is 47.4 Å².